The highest BCUT2D eigenvalue weighted by Crippen LogP contribution is 2.43. The Morgan fingerprint density at radius 1 is 0.826 bits per heavy atom. The third-order valence-corrected chi connectivity index (χ3v) is 4.21. The zero-order chi connectivity index (χ0) is 15.5. The van der Waals surface area contributed by atoms with Gasteiger partial charge in [0.25, 0.3) is 0 Å². The Balaban J connectivity index is 1.70. The van der Waals surface area contributed by atoms with Gasteiger partial charge in [-0.15, -0.1) is 0 Å². The van der Waals surface area contributed by atoms with E-state index >= 15 is 0 Å². The van der Waals surface area contributed by atoms with Crippen LogP contribution in [0.4, 0.5) is 5.69 Å². The average molecular weight is 302 g/mol. The van der Waals surface area contributed by atoms with Gasteiger partial charge in [0, 0.05) is 18.8 Å². The van der Waals surface area contributed by atoms with Gasteiger partial charge in [0.15, 0.2) is 0 Å². The van der Waals surface area contributed by atoms with E-state index in [2.05, 4.69) is 47.4 Å². The van der Waals surface area contributed by atoms with Gasteiger partial charge in [-0.1, -0.05) is 54.6 Å². The second kappa shape index (κ2) is 6.23. The standard InChI is InChI=1S/C20H18N2O/c1-3-8-16(9-4-1)20-14-19(17-10-7-13-21-15-17)22(23-20)18-11-5-2-6-12-18/h1-13,15,19-20H,14H2. The first kappa shape index (κ1) is 14.0. The molecular weight excluding hydrogens is 284 g/mol. The molecule has 2 aromatic carbocycles. The smallest absolute Gasteiger partial charge is 0.113 e. The van der Waals surface area contributed by atoms with E-state index in [1.54, 1.807) is 6.20 Å². The van der Waals surface area contributed by atoms with Crippen molar-refractivity contribution in [3.63, 3.8) is 0 Å². The molecule has 2 unspecified atom stereocenters. The maximum Gasteiger partial charge on any atom is 0.113 e. The predicted molar refractivity (Wildman–Crippen MR) is 90.8 cm³/mol. The van der Waals surface area contributed by atoms with Crippen molar-refractivity contribution in [3.05, 3.63) is 96.3 Å². The molecule has 0 amide bonds. The number of nitrogens with zero attached hydrogens (tertiary/aromatic N) is 2. The van der Waals surface area contributed by atoms with Gasteiger partial charge in [-0.05, 0) is 29.3 Å². The highest BCUT2D eigenvalue weighted by molar-refractivity contribution is 5.47. The van der Waals surface area contributed by atoms with Crippen LogP contribution in [0.2, 0.25) is 0 Å². The number of pyridine rings is 1. The molecule has 1 aliphatic heterocycles. The van der Waals surface area contributed by atoms with Crippen LogP contribution in [0.3, 0.4) is 0 Å². The summed E-state index contributed by atoms with van der Waals surface area (Å²) in [5.74, 6) is 0. The van der Waals surface area contributed by atoms with Gasteiger partial charge < -0.3 is 0 Å². The molecule has 2 heterocycles. The lowest BCUT2D eigenvalue weighted by molar-refractivity contribution is 0.0836. The summed E-state index contributed by atoms with van der Waals surface area (Å²) >= 11 is 0. The zero-order valence-corrected chi connectivity index (χ0v) is 12.7. The summed E-state index contributed by atoms with van der Waals surface area (Å²) in [6, 6.07) is 24.9. The molecule has 0 saturated carbocycles. The van der Waals surface area contributed by atoms with Crippen LogP contribution >= 0.6 is 0 Å². The fourth-order valence-corrected chi connectivity index (χ4v) is 3.08. The van der Waals surface area contributed by atoms with E-state index in [4.69, 9.17) is 4.84 Å². The van der Waals surface area contributed by atoms with Gasteiger partial charge in [0.1, 0.15) is 6.10 Å². The molecule has 23 heavy (non-hydrogen) atoms. The van der Waals surface area contributed by atoms with Crippen molar-refractivity contribution in [1.29, 1.82) is 0 Å². The normalized spacial score (nSPS) is 20.6. The van der Waals surface area contributed by atoms with Crippen molar-refractivity contribution < 1.29 is 4.84 Å². The fraction of sp³-hybridized carbons (Fsp3) is 0.150. The Labute approximate surface area is 136 Å². The minimum Gasteiger partial charge on any atom is -0.265 e. The van der Waals surface area contributed by atoms with Crippen LogP contribution in [-0.2, 0) is 4.84 Å². The zero-order valence-electron chi connectivity index (χ0n) is 12.7. The largest absolute Gasteiger partial charge is 0.265 e. The number of aromatic nitrogens is 1. The first-order valence-corrected chi connectivity index (χ1v) is 7.88. The fourth-order valence-electron chi connectivity index (χ4n) is 3.08. The van der Waals surface area contributed by atoms with E-state index in [1.807, 2.05) is 41.6 Å². The van der Waals surface area contributed by atoms with Crippen molar-refractivity contribution in [2.45, 2.75) is 18.6 Å². The Kier molecular flexibility index (Phi) is 3.78. The third-order valence-electron chi connectivity index (χ3n) is 4.21. The maximum atomic E-state index is 6.31. The number of rotatable bonds is 3. The summed E-state index contributed by atoms with van der Waals surface area (Å²) in [7, 11) is 0. The second-order valence-electron chi connectivity index (χ2n) is 5.70. The Morgan fingerprint density at radius 3 is 2.22 bits per heavy atom. The molecule has 3 aromatic rings. The molecule has 0 aliphatic carbocycles. The molecule has 0 N–H and O–H groups in total. The summed E-state index contributed by atoms with van der Waals surface area (Å²) < 4.78 is 0. The molecule has 2 atom stereocenters. The van der Waals surface area contributed by atoms with Crippen molar-refractivity contribution in [2.75, 3.05) is 5.06 Å². The molecular formula is C20H18N2O. The lowest BCUT2D eigenvalue weighted by Crippen LogP contribution is -2.21. The van der Waals surface area contributed by atoms with Crippen molar-refractivity contribution in [3.8, 4) is 0 Å². The molecule has 114 valence electrons. The van der Waals surface area contributed by atoms with Crippen molar-refractivity contribution in [2.24, 2.45) is 0 Å². The van der Waals surface area contributed by atoms with E-state index in [-0.39, 0.29) is 12.1 Å². The molecule has 0 radical (unpaired) electrons. The Morgan fingerprint density at radius 2 is 1.52 bits per heavy atom. The topological polar surface area (TPSA) is 25.4 Å². The number of anilines is 1. The van der Waals surface area contributed by atoms with E-state index in [9.17, 15) is 0 Å². The molecule has 0 spiro atoms. The molecule has 3 nitrogen and oxygen atoms in total. The summed E-state index contributed by atoms with van der Waals surface area (Å²) in [4.78, 5) is 10.6. The van der Waals surface area contributed by atoms with Crippen LogP contribution in [0.1, 0.15) is 29.7 Å². The number of hydrogen-bond acceptors (Lipinski definition) is 3. The SMILES string of the molecule is c1ccc(C2CC(c3cccnc3)N(c3ccccc3)O2)cc1. The predicted octanol–water partition coefficient (Wildman–Crippen LogP) is 4.71. The third kappa shape index (κ3) is 2.83. The number of para-hydroxylation sites is 1. The van der Waals surface area contributed by atoms with Crippen LogP contribution in [0.5, 0.6) is 0 Å². The van der Waals surface area contributed by atoms with E-state index in [1.165, 1.54) is 11.1 Å². The van der Waals surface area contributed by atoms with Gasteiger partial charge in [-0.2, -0.15) is 0 Å². The van der Waals surface area contributed by atoms with Crippen molar-refractivity contribution >= 4 is 5.69 Å². The summed E-state index contributed by atoms with van der Waals surface area (Å²) in [6.07, 6.45) is 4.70. The molecule has 1 aromatic heterocycles. The van der Waals surface area contributed by atoms with Gasteiger partial charge in [-0.3, -0.25) is 9.82 Å². The number of benzene rings is 2. The molecule has 3 heteroatoms. The second-order valence-corrected chi connectivity index (χ2v) is 5.70. The Bertz CT molecular complexity index is 699. The first-order chi connectivity index (χ1) is 11.4. The first-order valence-electron chi connectivity index (χ1n) is 7.88. The number of hydrogen-bond donors (Lipinski definition) is 0. The minimum absolute atomic E-state index is 0.0570. The Hall–Kier alpha value is -2.65. The molecule has 1 aliphatic rings. The summed E-state index contributed by atoms with van der Waals surface area (Å²) in [5, 5.41) is 2.02. The summed E-state index contributed by atoms with van der Waals surface area (Å²) in [6.45, 7) is 0. The van der Waals surface area contributed by atoms with Gasteiger partial charge in [-0.25, -0.2) is 5.06 Å². The van der Waals surface area contributed by atoms with Crippen LogP contribution in [0, 0.1) is 0 Å². The van der Waals surface area contributed by atoms with Crippen LogP contribution in [0.25, 0.3) is 0 Å². The van der Waals surface area contributed by atoms with Crippen LogP contribution in [0.15, 0.2) is 85.2 Å². The van der Waals surface area contributed by atoms with Crippen LogP contribution in [-0.4, -0.2) is 4.98 Å². The lowest BCUT2D eigenvalue weighted by Gasteiger charge is -2.24. The monoisotopic (exact) mass is 302 g/mol. The molecule has 1 saturated heterocycles. The van der Waals surface area contributed by atoms with Gasteiger partial charge >= 0.3 is 0 Å². The molecule has 4 rings (SSSR count). The minimum atomic E-state index is 0.0570. The molecule has 1 fully saturated rings. The highest BCUT2D eigenvalue weighted by Gasteiger charge is 2.35. The van der Waals surface area contributed by atoms with E-state index in [0.29, 0.717) is 0 Å². The molecule has 0 bridgehead atoms. The highest BCUT2D eigenvalue weighted by atomic mass is 16.7. The van der Waals surface area contributed by atoms with Gasteiger partial charge in [0.05, 0.1) is 11.7 Å². The van der Waals surface area contributed by atoms with E-state index < -0.39 is 0 Å². The van der Waals surface area contributed by atoms with Crippen molar-refractivity contribution in [1.82, 2.24) is 4.98 Å². The van der Waals surface area contributed by atoms with Gasteiger partial charge in [0.2, 0.25) is 0 Å². The van der Waals surface area contributed by atoms with E-state index in [0.717, 1.165) is 12.1 Å². The lowest BCUT2D eigenvalue weighted by atomic mass is 9.99. The summed E-state index contributed by atoms with van der Waals surface area (Å²) in [5.41, 5.74) is 3.45. The average Bonchev–Trinajstić information content (AvgIpc) is 3.09. The quantitative estimate of drug-likeness (QED) is 0.701. The maximum absolute atomic E-state index is 6.31. The number of hydroxylamine groups is 1. The van der Waals surface area contributed by atoms with Crippen LogP contribution < -0.4 is 5.06 Å².